The predicted octanol–water partition coefficient (Wildman–Crippen LogP) is 1.54. The molecule has 2 aromatic rings. The van der Waals surface area contributed by atoms with E-state index in [9.17, 15) is 9.90 Å². The summed E-state index contributed by atoms with van der Waals surface area (Å²) >= 11 is 0. The van der Waals surface area contributed by atoms with Crippen LogP contribution in [0.3, 0.4) is 0 Å². The van der Waals surface area contributed by atoms with Crippen LogP contribution in [0.2, 0.25) is 0 Å². The molecular weight excluding hydrogens is 254 g/mol. The highest BCUT2D eigenvalue weighted by atomic mass is 16.3. The highest BCUT2D eigenvalue weighted by molar-refractivity contribution is 5.90. The second kappa shape index (κ2) is 6.34. The van der Waals surface area contributed by atoms with Crippen LogP contribution < -0.4 is 5.73 Å². The van der Waals surface area contributed by atoms with Gasteiger partial charge in [-0.2, -0.15) is 0 Å². The third kappa shape index (κ3) is 3.45. The Bertz CT molecular complexity index is 564. The van der Waals surface area contributed by atoms with E-state index in [-0.39, 0.29) is 11.7 Å². The fourth-order valence-electron chi connectivity index (χ4n) is 2.24. The Kier molecular flexibility index (Phi) is 4.53. The lowest BCUT2D eigenvalue weighted by Crippen LogP contribution is -2.21. The number of carbonyl (C=O) groups is 1. The van der Waals surface area contributed by atoms with Crippen LogP contribution in [0.1, 0.15) is 35.4 Å². The molecule has 5 nitrogen and oxygen atoms in total. The van der Waals surface area contributed by atoms with Gasteiger partial charge in [0.05, 0.1) is 18.5 Å². The van der Waals surface area contributed by atoms with Crippen molar-refractivity contribution in [1.82, 2.24) is 9.55 Å². The lowest BCUT2D eigenvalue weighted by atomic mass is 10.0. The maximum Gasteiger partial charge on any atom is 0.268 e. The fraction of sp³-hybridized carbons (Fsp3) is 0.333. The van der Waals surface area contributed by atoms with E-state index in [1.165, 1.54) is 5.56 Å². The Hall–Kier alpha value is -2.14. The van der Waals surface area contributed by atoms with E-state index in [0.717, 1.165) is 12.8 Å². The van der Waals surface area contributed by atoms with Crippen LogP contribution >= 0.6 is 0 Å². The second-order valence-corrected chi connectivity index (χ2v) is 4.90. The normalized spacial score (nSPS) is 13.9. The van der Waals surface area contributed by atoms with Crippen LogP contribution in [0.4, 0.5) is 0 Å². The first-order chi connectivity index (χ1) is 9.58. The number of aliphatic hydroxyl groups excluding tert-OH is 1. The van der Waals surface area contributed by atoms with Crippen molar-refractivity contribution in [2.24, 2.45) is 5.73 Å². The quantitative estimate of drug-likeness (QED) is 0.837. The topological polar surface area (TPSA) is 81.1 Å². The fourth-order valence-corrected chi connectivity index (χ4v) is 2.24. The molecule has 1 heterocycles. The van der Waals surface area contributed by atoms with Crippen LogP contribution in [0, 0.1) is 0 Å². The molecule has 5 heteroatoms. The smallest absolute Gasteiger partial charge is 0.268 e. The number of aromatic nitrogens is 2. The van der Waals surface area contributed by atoms with Gasteiger partial charge >= 0.3 is 0 Å². The van der Waals surface area contributed by atoms with Gasteiger partial charge in [-0.15, -0.1) is 0 Å². The molecule has 0 aliphatic rings. The van der Waals surface area contributed by atoms with E-state index in [1.54, 1.807) is 24.0 Å². The SMILES string of the molecule is CC(O)C(CCc1ccccc1)n1cnc(C(N)=O)c1. The summed E-state index contributed by atoms with van der Waals surface area (Å²) in [6.07, 6.45) is 4.21. The first kappa shape index (κ1) is 14.3. The van der Waals surface area contributed by atoms with Crippen molar-refractivity contribution in [2.45, 2.75) is 31.9 Å². The average molecular weight is 273 g/mol. The highest BCUT2D eigenvalue weighted by Gasteiger charge is 2.18. The van der Waals surface area contributed by atoms with E-state index in [4.69, 9.17) is 5.73 Å². The maximum absolute atomic E-state index is 11.1. The summed E-state index contributed by atoms with van der Waals surface area (Å²) in [5.41, 5.74) is 6.63. The zero-order valence-electron chi connectivity index (χ0n) is 11.4. The third-order valence-electron chi connectivity index (χ3n) is 3.37. The van der Waals surface area contributed by atoms with Crippen molar-refractivity contribution < 1.29 is 9.90 Å². The monoisotopic (exact) mass is 273 g/mol. The molecule has 0 spiro atoms. The molecule has 0 radical (unpaired) electrons. The molecule has 2 unspecified atom stereocenters. The zero-order valence-corrected chi connectivity index (χ0v) is 11.4. The predicted molar refractivity (Wildman–Crippen MR) is 76.2 cm³/mol. The van der Waals surface area contributed by atoms with E-state index in [1.807, 2.05) is 18.2 Å². The molecule has 0 bridgehead atoms. The molecule has 106 valence electrons. The van der Waals surface area contributed by atoms with Crippen LogP contribution in [-0.4, -0.2) is 26.7 Å². The minimum atomic E-state index is -0.559. The zero-order chi connectivity index (χ0) is 14.5. The van der Waals surface area contributed by atoms with Gasteiger partial charge in [0.25, 0.3) is 5.91 Å². The highest BCUT2D eigenvalue weighted by Crippen LogP contribution is 2.19. The summed E-state index contributed by atoms with van der Waals surface area (Å²) in [4.78, 5) is 15.0. The van der Waals surface area contributed by atoms with Gasteiger partial charge in [0.1, 0.15) is 5.69 Å². The number of benzene rings is 1. The molecule has 3 N–H and O–H groups in total. The van der Waals surface area contributed by atoms with Gasteiger partial charge in [-0.25, -0.2) is 4.98 Å². The number of rotatable bonds is 6. The van der Waals surface area contributed by atoms with Crippen molar-refractivity contribution >= 4 is 5.91 Å². The number of hydrogen-bond donors (Lipinski definition) is 2. The summed E-state index contributed by atoms with van der Waals surface area (Å²) in [5, 5.41) is 9.93. The number of imidazole rings is 1. The van der Waals surface area contributed by atoms with Gasteiger partial charge in [0.15, 0.2) is 0 Å². The first-order valence-electron chi connectivity index (χ1n) is 6.63. The Labute approximate surface area is 118 Å². The van der Waals surface area contributed by atoms with Crippen molar-refractivity contribution in [3.63, 3.8) is 0 Å². The van der Waals surface area contributed by atoms with Crippen LogP contribution in [0.5, 0.6) is 0 Å². The van der Waals surface area contributed by atoms with Crippen LogP contribution in [-0.2, 0) is 6.42 Å². The van der Waals surface area contributed by atoms with Gasteiger partial charge < -0.3 is 15.4 Å². The van der Waals surface area contributed by atoms with Crippen molar-refractivity contribution in [3.05, 3.63) is 54.1 Å². The number of aliphatic hydroxyl groups is 1. The molecule has 1 aromatic heterocycles. The van der Waals surface area contributed by atoms with E-state index in [0.29, 0.717) is 0 Å². The third-order valence-corrected chi connectivity index (χ3v) is 3.37. The van der Waals surface area contributed by atoms with E-state index in [2.05, 4.69) is 17.1 Å². The second-order valence-electron chi connectivity index (χ2n) is 4.90. The lowest BCUT2D eigenvalue weighted by molar-refractivity contribution is 0.0994. The Morgan fingerprint density at radius 3 is 2.65 bits per heavy atom. The lowest BCUT2D eigenvalue weighted by Gasteiger charge is -2.21. The summed E-state index contributed by atoms with van der Waals surface area (Å²) in [6, 6.07) is 9.95. The summed E-state index contributed by atoms with van der Waals surface area (Å²) in [6.45, 7) is 1.74. The van der Waals surface area contributed by atoms with Crippen LogP contribution in [0.15, 0.2) is 42.9 Å². The molecule has 1 amide bonds. The number of nitrogens with two attached hydrogens (primary N) is 1. The summed E-state index contributed by atoms with van der Waals surface area (Å²) in [7, 11) is 0. The number of hydrogen-bond acceptors (Lipinski definition) is 3. The Morgan fingerprint density at radius 2 is 2.10 bits per heavy atom. The Balaban J connectivity index is 2.08. The molecule has 0 aliphatic heterocycles. The molecule has 20 heavy (non-hydrogen) atoms. The maximum atomic E-state index is 11.1. The molecule has 0 aliphatic carbocycles. The summed E-state index contributed by atoms with van der Waals surface area (Å²) < 4.78 is 1.76. The standard InChI is InChI=1S/C15H19N3O2/c1-11(19)14(8-7-12-5-3-2-4-6-12)18-9-13(15(16)20)17-10-18/h2-6,9-11,14,19H,7-8H2,1H3,(H2,16,20). The van der Waals surface area contributed by atoms with Gasteiger partial charge in [-0.05, 0) is 25.3 Å². The molecule has 0 saturated heterocycles. The number of nitrogens with zero attached hydrogens (tertiary/aromatic N) is 2. The molecular formula is C15H19N3O2. The molecule has 1 aromatic carbocycles. The van der Waals surface area contributed by atoms with Gasteiger partial charge in [0, 0.05) is 6.20 Å². The van der Waals surface area contributed by atoms with Crippen molar-refractivity contribution in [3.8, 4) is 0 Å². The number of aryl methyl sites for hydroxylation is 1. The average Bonchev–Trinajstić information content (AvgIpc) is 2.89. The van der Waals surface area contributed by atoms with E-state index < -0.39 is 12.0 Å². The van der Waals surface area contributed by atoms with E-state index >= 15 is 0 Å². The first-order valence-corrected chi connectivity index (χ1v) is 6.63. The number of carbonyl (C=O) groups excluding carboxylic acids is 1. The number of amides is 1. The largest absolute Gasteiger partial charge is 0.391 e. The molecule has 0 fully saturated rings. The van der Waals surface area contributed by atoms with Gasteiger partial charge in [0.2, 0.25) is 0 Å². The van der Waals surface area contributed by atoms with Gasteiger partial charge in [-0.3, -0.25) is 4.79 Å². The summed E-state index contributed by atoms with van der Waals surface area (Å²) in [5.74, 6) is -0.559. The van der Waals surface area contributed by atoms with Crippen molar-refractivity contribution in [1.29, 1.82) is 0 Å². The van der Waals surface area contributed by atoms with Crippen LogP contribution in [0.25, 0.3) is 0 Å². The Morgan fingerprint density at radius 1 is 1.40 bits per heavy atom. The van der Waals surface area contributed by atoms with Gasteiger partial charge in [-0.1, -0.05) is 30.3 Å². The molecule has 2 rings (SSSR count). The minimum Gasteiger partial charge on any atom is -0.391 e. The van der Waals surface area contributed by atoms with Crippen molar-refractivity contribution in [2.75, 3.05) is 0 Å². The minimum absolute atomic E-state index is 0.129. The molecule has 2 atom stereocenters. The molecule has 0 saturated carbocycles. The number of primary amides is 1.